The average molecular weight is 370 g/mol. The Bertz CT molecular complexity index is 647. The first-order chi connectivity index (χ1) is 12.9. The van der Waals surface area contributed by atoms with Gasteiger partial charge in [0, 0.05) is 17.8 Å². The van der Waals surface area contributed by atoms with E-state index in [9.17, 15) is 9.59 Å². The van der Waals surface area contributed by atoms with E-state index in [0.29, 0.717) is 17.6 Å². The lowest BCUT2D eigenvalue weighted by Crippen LogP contribution is -2.44. The van der Waals surface area contributed by atoms with Crippen molar-refractivity contribution in [2.24, 2.45) is 23.7 Å². The summed E-state index contributed by atoms with van der Waals surface area (Å²) in [6.07, 6.45) is 5.73. The summed E-state index contributed by atoms with van der Waals surface area (Å²) in [5.74, 6) is 1.70. The molecule has 0 saturated heterocycles. The zero-order valence-corrected chi connectivity index (χ0v) is 17.3. The number of ketones is 1. The standard InChI is InChI=1S/C24H35NO2/c1-5-16(4)17-9-11-18(12-10-17)22(15(2)3)25-24(27)21-13-19-7-6-8-20(14-21)23(19)26/h9-12,15-16,19-22H,5-8,13-14H2,1-4H3,(H,25,27). The van der Waals surface area contributed by atoms with Crippen molar-refractivity contribution in [1.82, 2.24) is 5.32 Å². The Morgan fingerprint density at radius 1 is 1.04 bits per heavy atom. The van der Waals surface area contributed by atoms with Gasteiger partial charge in [-0.05, 0) is 55.1 Å². The summed E-state index contributed by atoms with van der Waals surface area (Å²) < 4.78 is 0. The number of carbonyl (C=O) groups excluding carboxylic acids is 2. The molecule has 4 unspecified atom stereocenters. The second-order valence-corrected chi connectivity index (χ2v) is 9.10. The van der Waals surface area contributed by atoms with Gasteiger partial charge in [0.15, 0.2) is 0 Å². The van der Waals surface area contributed by atoms with E-state index in [2.05, 4.69) is 57.3 Å². The molecule has 1 N–H and O–H groups in total. The fraction of sp³-hybridized carbons (Fsp3) is 0.667. The van der Waals surface area contributed by atoms with Gasteiger partial charge in [-0.2, -0.15) is 0 Å². The van der Waals surface area contributed by atoms with Crippen molar-refractivity contribution in [3.05, 3.63) is 35.4 Å². The lowest BCUT2D eigenvalue weighted by molar-refractivity contribution is -0.138. The highest BCUT2D eigenvalue weighted by Crippen LogP contribution is 2.40. The molecule has 2 aliphatic rings. The number of rotatable bonds is 6. The molecule has 0 spiro atoms. The Kier molecular flexibility index (Phi) is 6.39. The number of hydrogen-bond donors (Lipinski definition) is 1. The first-order valence-electron chi connectivity index (χ1n) is 10.8. The van der Waals surface area contributed by atoms with Gasteiger partial charge in [0.2, 0.25) is 5.91 Å². The number of Topliss-reactive ketones (excluding diaryl/α,β-unsaturated/α-hetero) is 1. The van der Waals surface area contributed by atoms with Crippen LogP contribution in [0.5, 0.6) is 0 Å². The van der Waals surface area contributed by atoms with Gasteiger partial charge in [0.25, 0.3) is 0 Å². The molecule has 3 heteroatoms. The molecule has 2 aliphatic carbocycles. The molecule has 1 amide bonds. The molecule has 2 saturated carbocycles. The highest BCUT2D eigenvalue weighted by Gasteiger charge is 2.41. The summed E-state index contributed by atoms with van der Waals surface area (Å²) in [6.45, 7) is 8.78. The van der Waals surface area contributed by atoms with Crippen LogP contribution in [0.1, 0.15) is 89.3 Å². The van der Waals surface area contributed by atoms with Crippen LogP contribution in [-0.2, 0) is 9.59 Å². The smallest absolute Gasteiger partial charge is 0.223 e. The van der Waals surface area contributed by atoms with E-state index >= 15 is 0 Å². The molecule has 3 nitrogen and oxygen atoms in total. The molecule has 27 heavy (non-hydrogen) atoms. The molecule has 3 rings (SSSR count). The fourth-order valence-electron chi connectivity index (χ4n) is 4.87. The quantitative estimate of drug-likeness (QED) is 0.729. The number of benzene rings is 1. The molecule has 0 radical (unpaired) electrons. The maximum atomic E-state index is 13.0. The highest BCUT2D eigenvalue weighted by molar-refractivity contribution is 5.88. The molecule has 0 aromatic heterocycles. The van der Waals surface area contributed by atoms with Crippen LogP contribution in [0.2, 0.25) is 0 Å². The van der Waals surface area contributed by atoms with Crippen LogP contribution < -0.4 is 5.32 Å². The number of fused-ring (bicyclic) bond motifs is 2. The van der Waals surface area contributed by atoms with E-state index in [-0.39, 0.29) is 29.7 Å². The topological polar surface area (TPSA) is 46.2 Å². The lowest BCUT2D eigenvalue weighted by Gasteiger charge is -2.37. The molecule has 1 aromatic carbocycles. The maximum absolute atomic E-state index is 13.0. The number of nitrogens with one attached hydrogen (secondary N) is 1. The predicted molar refractivity (Wildman–Crippen MR) is 109 cm³/mol. The van der Waals surface area contributed by atoms with Crippen molar-refractivity contribution in [2.45, 2.75) is 78.2 Å². The molecule has 0 aliphatic heterocycles. The Hall–Kier alpha value is -1.64. The maximum Gasteiger partial charge on any atom is 0.223 e. The van der Waals surface area contributed by atoms with Crippen molar-refractivity contribution in [3.8, 4) is 0 Å². The van der Waals surface area contributed by atoms with Gasteiger partial charge in [-0.15, -0.1) is 0 Å². The number of amides is 1. The van der Waals surface area contributed by atoms with Gasteiger partial charge in [0.05, 0.1) is 6.04 Å². The van der Waals surface area contributed by atoms with E-state index in [1.54, 1.807) is 0 Å². The predicted octanol–water partition coefficient (Wildman–Crippen LogP) is 5.41. The SMILES string of the molecule is CCC(C)c1ccc(C(NC(=O)C2CC3CCCC(C2)C3=O)C(C)C)cc1. The third kappa shape index (κ3) is 4.44. The molecular formula is C24H35NO2. The average Bonchev–Trinajstić information content (AvgIpc) is 2.65. The minimum absolute atomic E-state index is 0.00126. The monoisotopic (exact) mass is 369 g/mol. The second kappa shape index (κ2) is 8.58. The van der Waals surface area contributed by atoms with Crippen LogP contribution in [0.25, 0.3) is 0 Å². The van der Waals surface area contributed by atoms with Crippen LogP contribution >= 0.6 is 0 Å². The van der Waals surface area contributed by atoms with Crippen molar-refractivity contribution >= 4 is 11.7 Å². The van der Waals surface area contributed by atoms with Crippen molar-refractivity contribution in [3.63, 3.8) is 0 Å². The van der Waals surface area contributed by atoms with Crippen molar-refractivity contribution < 1.29 is 9.59 Å². The zero-order valence-electron chi connectivity index (χ0n) is 17.3. The van der Waals surface area contributed by atoms with Gasteiger partial charge in [0.1, 0.15) is 5.78 Å². The number of carbonyl (C=O) groups is 2. The molecule has 148 valence electrons. The summed E-state index contributed by atoms with van der Waals surface area (Å²) in [7, 11) is 0. The molecule has 1 aromatic rings. The normalized spacial score (nSPS) is 27.3. The van der Waals surface area contributed by atoms with Crippen LogP contribution in [0, 0.1) is 23.7 Å². The van der Waals surface area contributed by atoms with Crippen LogP contribution in [0.3, 0.4) is 0 Å². The van der Waals surface area contributed by atoms with E-state index in [1.165, 1.54) is 11.1 Å². The number of hydrogen-bond acceptors (Lipinski definition) is 2. The summed E-state index contributed by atoms with van der Waals surface area (Å²) in [4.78, 5) is 25.3. The summed E-state index contributed by atoms with van der Waals surface area (Å²) >= 11 is 0. The van der Waals surface area contributed by atoms with Crippen molar-refractivity contribution in [1.29, 1.82) is 0 Å². The van der Waals surface area contributed by atoms with Gasteiger partial charge in [-0.1, -0.05) is 58.4 Å². The Morgan fingerprint density at radius 3 is 2.11 bits per heavy atom. The minimum Gasteiger partial charge on any atom is -0.349 e. The molecule has 4 atom stereocenters. The largest absolute Gasteiger partial charge is 0.349 e. The molecule has 2 fully saturated rings. The third-order valence-electron chi connectivity index (χ3n) is 6.86. The van der Waals surface area contributed by atoms with Gasteiger partial charge in [-0.25, -0.2) is 0 Å². The van der Waals surface area contributed by atoms with Crippen LogP contribution in [0.4, 0.5) is 0 Å². The van der Waals surface area contributed by atoms with Gasteiger partial charge in [-0.3, -0.25) is 9.59 Å². The fourth-order valence-corrected chi connectivity index (χ4v) is 4.87. The van der Waals surface area contributed by atoms with E-state index < -0.39 is 0 Å². The molecular weight excluding hydrogens is 334 g/mol. The third-order valence-corrected chi connectivity index (χ3v) is 6.86. The summed E-state index contributed by atoms with van der Waals surface area (Å²) in [6, 6.07) is 8.78. The van der Waals surface area contributed by atoms with Crippen molar-refractivity contribution in [2.75, 3.05) is 0 Å². The first-order valence-corrected chi connectivity index (χ1v) is 10.8. The highest BCUT2D eigenvalue weighted by atomic mass is 16.2. The molecule has 0 heterocycles. The summed E-state index contributed by atoms with van der Waals surface area (Å²) in [5.41, 5.74) is 2.53. The first kappa shape index (κ1) is 20.1. The zero-order chi connectivity index (χ0) is 19.6. The second-order valence-electron chi connectivity index (χ2n) is 9.10. The van der Waals surface area contributed by atoms with E-state index in [1.807, 2.05) is 0 Å². The lowest BCUT2D eigenvalue weighted by atomic mass is 9.67. The Morgan fingerprint density at radius 2 is 1.59 bits per heavy atom. The van der Waals surface area contributed by atoms with Crippen LogP contribution in [0.15, 0.2) is 24.3 Å². The van der Waals surface area contributed by atoms with Gasteiger partial charge >= 0.3 is 0 Å². The Labute approximate surface area is 164 Å². The Balaban J connectivity index is 1.69. The minimum atomic E-state index is -0.00126. The van der Waals surface area contributed by atoms with Gasteiger partial charge < -0.3 is 5.32 Å². The van der Waals surface area contributed by atoms with E-state index in [0.717, 1.165) is 38.5 Å². The summed E-state index contributed by atoms with van der Waals surface area (Å²) in [5, 5.41) is 3.32. The van der Waals surface area contributed by atoms with Crippen LogP contribution in [-0.4, -0.2) is 11.7 Å². The van der Waals surface area contributed by atoms with E-state index in [4.69, 9.17) is 0 Å². The molecule has 2 bridgehead atoms.